The molecule has 84 valence electrons. The van der Waals surface area contributed by atoms with Gasteiger partial charge in [-0.3, -0.25) is 0 Å². The molecule has 0 aromatic heterocycles. The lowest BCUT2D eigenvalue weighted by molar-refractivity contribution is 0.615. The summed E-state index contributed by atoms with van der Waals surface area (Å²) in [7, 11) is 0. The van der Waals surface area contributed by atoms with Crippen molar-refractivity contribution >= 4 is 21.6 Å². The summed E-state index contributed by atoms with van der Waals surface area (Å²) in [6.45, 7) is 5.91. The van der Waals surface area contributed by atoms with E-state index >= 15 is 0 Å². The van der Waals surface area contributed by atoms with E-state index in [1.807, 2.05) is 6.07 Å². The minimum Gasteiger partial charge on any atom is -0.369 e. The number of alkyl halides is 1. The minimum atomic E-state index is -0.123. The topological polar surface area (TPSA) is 3.24 Å². The SMILES string of the molecule is CCCN(CC)c1c(F)cccc1CBr. The number of hydrogen-bond donors (Lipinski definition) is 0. The van der Waals surface area contributed by atoms with Gasteiger partial charge in [-0.2, -0.15) is 0 Å². The summed E-state index contributed by atoms with van der Waals surface area (Å²) in [6, 6.07) is 5.25. The molecule has 1 aromatic carbocycles. The summed E-state index contributed by atoms with van der Waals surface area (Å²) in [5.41, 5.74) is 1.77. The smallest absolute Gasteiger partial charge is 0.146 e. The molecule has 1 rings (SSSR count). The third-order valence-electron chi connectivity index (χ3n) is 2.41. The molecule has 0 aliphatic heterocycles. The normalized spacial score (nSPS) is 10.4. The van der Waals surface area contributed by atoms with Crippen molar-refractivity contribution in [3.05, 3.63) is 29.6 Å². The van der Waals surface area contributed by atoms with Crippen molar-refractivity contribution in [3.63, 3.8) is 0 Å². The Morgan fingerprint density at radius 1 is 1.33 bits per heavy atom. The molecule has 0 unspecified atom stereocenters. The lowest BCUT2D eigenvalue weighted by atomic mass is 10.1. The maximum Gasteiger partial charge on any atom is 0.146 e. The molecule has 15 heavy (non-hydrogen) atoms. The van der Waals surface area contributed by atoms with Crippen molar-refractivity contribution in [2.75, 3.05) is 18.0 Å². The molecule has 0 amide bonds. The molecule has 0 heterocycles. The Labute approximate surface area is 99.4 Å². The van der Waals surface area contributed by atoms with Gasteiger partial charge in [0.1, 0.15) is 5.82 Å². The molecule has 0 fully saturated rings. The van der Waals surface area contributed by atoms with Gasteiger partial charge in [-0.05, 0) is 25.0 Å². The highest BCUT2D eigenvalue weighted by atomic mass is 79.9. The van der Waals surface area contributed by atoms with Gasteiger partial charge >= 0.3 is 0 Å². The van der Waals surface area contributed by atoms with Crippen molar-refractivity contribution in [2.45, 2.75) is 25.6 Å². The van der Waals surface area contributed by atoms with Gasteiger partial charge in [-0.25, -0.2) is 4.39 Å². The van der Waals surface area contributed by atoms with E-state index in [9.17, 15) is 4.39 Å². The van der Waals surface area contributed by atoms with E-state index < -0.39 is 0 Å². The van der Waals surface area contributed by atoms with E-state index in [4.69, 9.17) is 0 Å². The summed E-state index contributed by atoms with van der Waals surface area (Å²) in [5, 5.41) is 0.695. The van der Waals surface area contributed by atoms with E-state index in [0.29, 0.717) is 5.33 Å². The quantitative estimate of drug-likeness (QED) is 0.735. The summed E-state index contributed by atoms with van der Waals surface area (Å²) >= 11 is 3.40. The standard InChI is InChI=1S/C12H17BrFN/c1-3-8-15(4-2)12-10(9-13)6-5-7-11(12)14/h5-7H,3-4,8-9H2,1-2H3. The van der Waals surface area contributed by atoms with E-state index in [1.54, 1.807) is 6.07 Å². The summed E-state index contributed by atoms with van der Waals surface area (Å²) in [6.07, 6.45) is 1.03. The number of para-hydroxylation sites is 1. The van der Waals surface area contributed by atoms with Crippen molar-refractivity contribution in [3.8, 4) is 0 Å². The highest BCUT2D eigenvalue weighted by Crippen LogP contribution is 2.26. The van der Waals surface area contributed by atoms with E-state index in [0.717, 1.165) is 30.8 Å². The van der Waals surface area contributed by atoms with Crippen LogP contribution in [0.25, 0.3) is 0 Å². The highest BCUT2D eigenvalue weighted by Gasteiger charge is 2.13. The van der Waals surface area contributed by atoms with Crippen molar-refractivity contribution in [1.29, 1.82) is 0 Å². The maximum absolute atomic E-state index is 13.7. The van der Waals surface area contributed by atoms with Gasteiger partial charge in [-0.1, -0.05) is 35.0 Å². The zero-order valence-corrected chi connectivity index (χ0v) is 10.8. The van der Waals surface area contributed by atoms with E-state index in [2.05, 4.69) is 34.7 Å². The van der Waals surface area contributed by atoms with Crippen LogP contribution in [0.2, 0.25) is 0 Å². The first-order chi connectivity index (χ1) is 7.24. The van der Waals surface area contributed by atoms with E-state index in [-0.39, 0.29) is 5.82 Å². The Bertz CT molecular complexity index is 314. The maximum atomic E-state index is 13.7. The molecule has 0 spiro atoms. The van der Waals surface area contributed by atoms with Crippen LogP contribution in [0.1, 0.15) is 25.8 Å². The van der Waals surface area contributed by atoms with Crippen LogP contribution < -0.4 is 4.90 Å². The third kappa shape index (κ3) is 2.94. The number of anilines is 1. The molecule has 0 atom stereocenters. The first-order valence-corrected chi connectivity index (χ1v) is 6.45. The van der Waals surface area contributed by atoms with Gasteiger partial charge in [0.25, 0.3) is 0 Å². The number of halogens is 2. The third-order valence-corrected chi connectivity index (χ3v) is 3.01. The van der Waals surface area contributed by atoms with Crippen molar-refractivity contribution in [2.24, 2.45) is 0 Å². The fourth-order valence-electron chi connectivity index (χ4n) is 1.72. The Morgan fingerprint density at radius 3 is 2.60 bits per heavy atom. The molecular weight excluding hydrogens is 257 g/mol. The van der Waals surface area contributed by atoms with Gasteiger partial charge in [-0.15, -0.1) is 0 Å². The summed E-state index contributed by atoms with van der Waals surface area (Å²) < 4.78 is 13.7. The average molecular weight is 274 g/mol. The van der Waals surface area contributed by atoms with Gasteiger partial charge in [0.15, 0.2) is 0 Å². The van der Waals surface area contributed by atoms with Crippen LogP contribution in [0.4, 0.5) is 10.1 Å². The Morgan fingerprint density at radius 2 is 2.07 bits per heavy atom. The van der Waals surface area contributed by atoms with Crippen LogP contribution in [0.15, 0.2) is 18.2 Å². The zero-order chi connectivity index (χ0) is 11.3. The lowest BCUT2D eigenvalue weighted by Gasteiger charge is -2.25. The fraction of sp³-hybridized carbons (Fsp3) is 0.500. The van der Waals surface area contributed by atoms with Crippen molar-refractivity contribution < 1.29 is 4.39 Å². The molecule has 3 heteroatoms. The van der Waals surface area contributed by atoms with E-state index in [1.165, 1.54) is 6.07 Å². The highest BCUT2D eigenvalue weighted by molar-refractivity contribution is 9.08. The van der Waals surface area contributed by atoms with Crippen LogP contribution in [0.5, 0.6) is 0 Å². The molecule has 0 aliphatic carbocycles. The molecule has 0 bridgehead atoms. The average Bonchev–Trinajstić information content (AvgIpc) is 2.26. The predicted octanol–water partition coefficient (Wildman–Crippen LogP) is 3.96. The first-order valence-electron chi connectivity index (χ1n) is 5.32. The fourth-order valence-corrected chi connectivity index (χ4v) is 2.17. The Hall–Kier alpha value is -0.570. The number of hydrogen-bond acceptors (Lipinski definition) is 1. The second-order valence-electron chi connectivity index (χ2n) is 3.46. The van der Waals surface area contributed by atoms with Crippen LogP contribution >= 0.6 is 15.9 Å². The molecule has 0 aliphatic rings. The molecule has 1 nitrogen and oxygen atoms in total. The predicted molar refractivity (Wildman–Crippen MR) is 67.2 cm³/mol. The molecular formula is C12H17BrFN. The first kappa shape index (κ1) is 12.5. The Balaban J connectivity index is 3.08. The summed E-state index contributed by atoms with van der Waals surface area (Å²) in [4.78, 5) is 2.09. The number of nitrogens with zero attached hydrogens (tertiary/aromatic N) is 1. The van der Waals surface area contributed by atoms with Crippen LogP contribution in [-0.2, 0) is 5.33 Å². The zero-order valence-electron chi connectivity index (χ0n) is 9.26. The molecule has 0 N–H and O–H groups in total. The lowest BCUT2D eigenvalue weighted by Crippen LogP contribution is -2.25. The summed E-state index contributed by atoms with van der Waals surface area (Å²) in [5.74, 6) is -0.123. The monoisotopic (exact) mass is 273 g/mol. The number of benzene rings is 1. The molecule has 1 aromatic rings. The second kappa shape index (κ2) is 6.11. The van der Waals surface area contributed by atoms with Gasteiger partial charge in [0.2, 0.25) is 0 Å². The number of rotatable bonds is 5. The van der Waals surface area contributed by atoms with Crippen molar-refractivity contribution in [1.82, 2.24) is 0 Å². The van der Waals surface area contributed by atoms with Gasteiger partial charge < -0.3 is 4.90 Å². The minimum absolute atomic E-state index is 0.123. The van der Waals surface area contributed by atoms with Crippen LogP contribution in [-0.4, -0.2) is 13.1 Å². The largest absolute Gasteiger partial charge is 0.369 e. The van der Waals surface area contributed by atoms with Gasteiger partial charge in [0.05, 0.1) is 5.69 Å². The molecule has 0 saturated heterocycles. The molecule has 0 saturated carbocycles. The van der Waals surface area contributed by atoms with Gasteiger partial charge in [0, 0.05) is 18.4 Å². The van der Waals surface area contributed by atoms with Crippen LogP contribution in [0.3, 0.4) is 0 Å². The molecule has 0 radical (unpaired) electrons. The Kier molecular flexibility index (Phi) is 5.09. The second-order valence-corrected chi connectivity index (χ2v) is 4.02. The van der Waals surface area contributed by atoms with Crippen LogP contribution in [0, 0.1) is 5.82 Å².